The molecule has 4 aromatic rings. The number of hydrogen-bond donors (Lipinski definition) is 1. The summed E-state index contributed by atoms with van der Waals surface area (Å²) < 4.78 is 21.6. The van der Waals surface area contributed by atoms with Crippen LogP contribution < -0.4 is 15.0 Å². The molecule has 8 heteroatoms. The van der Waals surface area contributed by atoms with Gasteiger partial charge in [-0.15, -0.1) is 0 Å². The van der Waals surface area contributed by atoms with Crippen molar-refractivity contribution in [3.63, 3.8) is 0 Å². The smallest absolute Gasteiger partial charge is 0.322 e. The van der Waals surface area contributed by atoms with Gasteiger partial charge in [0, 0.05) is 12.7 Å². The lowest BCUT2D eigenvalue weighted by molar-refractivity contribution is -0.119. The second-order valence-corrected chi connectivity index (χ2v) is 9.64. The maximum absolute atomic E-state index is 14.2. The number of nitrogens with zero attached hydrogens (tertiary/aromatic N) is 3. The van der Waals surface area contributed by atoms with Gasteiger partial charge in [0.1, 0.15) is 24.2 Å². The van der Waals surface area contributed by atoms with Gasteiger partial charge in [0.25, 0.3) is 0 Å². The van der Waals surface area contributed by atoms with Crippen LogP contribution in [0, 0.1) is 5.82 Å². The fourth-order valence-electron chi connectivity index (χ4n) is 5.11. The first-order chi connectivity index (χ1) is 19.5. The number of ether oxygens (including phenoxy) is 1. The zero-order valence-corrected chi connectivity index (χ0v) is 22.7. The van der Waals surface area contributed by atoms with E-state index in [1.54, 1.807) is 34.1 Å². The number of carbonyl (C=O) groups is 2. The van der Waals surface area contributed by atoms with Crippen LogP contribution >= 0.6 is 0 Å². The maximum atomic E-state index is 14.2. The molecule has 7 nitrogen and oxygen atoms in total. The van der Waals surface area contributed by atoms with Gasteiger partial charge in [-0.1, -0.05) is 49.7 Å². The van der Waals surface area contributed by atoms with E-state index in [4.69, 9.17) is 4.74 Å². The summed E-state index contributed by atoms with van der Waals surface area (Å²) in [5, 5.41) is 2.94. The number of urea groups is 1. The number of hydrogen-bond acceptors (Lipinski definition) is 3. The lowest BCUT2D eigenvalue weighted by Crippen LogP contribution is -2.48. The highest BCUT2D eigenvalue weighted by Crippen LogP contribution is 2.42. The van der Waals surface area contributed by atoms with Gasteiger partial charge in [0.15, 0.2) is 0 Å². The number of benzene rings is 3. The summed E-state index contributed by atoms with van der Waals surface area (Å²) in [5.41, 5.74) is 3.80. The fraction of sp³-hybridized carbons (Fsp3) is 0.250. The van der Waals surface area contributed by atoms with Crippen molar-refractivity contribution in [2.45, 2.75) is 32.7 Å². The molecule has 1 aliphatic heterocycles. The van der Waals surface area contributed by atoms with Crippen LogP contribution in [0.15, 0.2) is 91.1 Å². The maximum Gasteiger partial charge on any atom is 0.322 e. The van der Waals surface area contributed by atoms with Crippen molar-refractivity contribution in [3.8, 4) is 11.4 Å². The minimum atomic E-state index is -0.493. The van der Waals surface area contributed by atoms with Gasteiger partial charge in [-0.3, -0.25) is 9.69 Å². The Labute approximate surface area is 233 Å². The molecule has 0 spiro atoms. The van der Waals surface area contributed by atoms with Crippen LogP contribution in [-0.4, -0.2) is 41.1 Å². The van der Waals surface area contributed by atoms with Gasteiger partial charge in [-0.05, 0) is 67.4 Å². The van der Waals surface area contributed by atoms with Gasteiger partial charge >= 0.3 is 6.03 Å². The normalized spacial score (nSPS) is 13.8. The largest absolute Gasteiger partial charge is 0.492 e. The molecule has 40 heavy (non-hydrogen) atoms. The number of carbonyl (C=O) groups excluding carboxylic acids is 2. The summed E-state index contributed by atoms with van der Waals surface area (Å²) in [6.45, 7) is 4.68. The van der Waals surface area contributed by atoms with Gasteiger partial charge in [-0.25, -0.2) is 9.18 Å². The molecule has 3 aromatic carbocycles. The first-order valence-electron chi connectivity index (χ1n) is 13.6. The Kier molecular flexibility index (Phi) is 8.15. The second-order valence-electron chi connectivity index (χ2n) is 9.64. The average molecular weight is 541 g/mol. The number of unbranched alkanes of at least 4 members (excludes halogenated alkanes) is 1. The first-order valence-corrected chi connectivity index (χ1v) is 13.6. The number of anilines is 2. The number of aromatic nitrogens is 1. The van der Waals surface area contributed by atoms with E-state index in [1.807, 2.05) is 68.6 Å². The number of fused-ring (bicyclic) bond motifs is 3. The number of halogens is 1. The van der Waals surface area contributed by atoms with E-state index in [-0.39, 0.29) is 24.3 Å². The molecular weight excluding hydrogens is 507 g/mol. The summed E-state index contributed by atoms with van der Waals surface area (Å²) in [4.78, 5) is 31.0. The van der Waals surface area contributed by atoms with Crippen LogP contribution in [-0.2, 0) is 4.79 Å². The predicted octanol–water partition coefficient (Wildman–Crippen LogP) is 6.79. The SMILES string of the molecule is CCCCN(CC(=O)N1c2ccccc2-n2cccc2C1c1ccc(F)cc1)C(=O)Nc1ccccc1OCC. The quantitative estimate of drug-likeness (QED) is 0.254. The van der Waals surface area contributed by atoms with E-state index in [0.717, 1.165) is 35.5 Å². The Hall–Kier alpha value is -4.59. The summed E-state index contributed by atoms with van der Waals surface area (Å²) in [7, 11) is 0. The molecule has 0 aliphatic carbocycles. The third kappa shape index (κ3) is 5.43. The highest BCUT2D eigenvalue weighted by molar-refractivity contribution is 6.01. The van der Waals surface area contributed by atoms with Crippen LogP contribution in [0.5, 0.6) is 5.75 Å². The molecule has 5 rings (SSSR count). The lowest BCUT2D eigenvalue weighted by atomic mass is 9.97. The number of rotatable bonds is 9. The van der Waals surface area contributed by atoms with E-state index < -0.39 is 6.04 Å². The summed E-state index contributed by atoms with van der Waals surface area (Å²) in [5.74, 6) is -0.0104. The van der Waals surface area contributed by atoms with Crippen molar-refractivity contribution in [1.82, 2.24) is 9.47 Å². The first kappa shape index (κ1) is 27.0. The molecule has 0 radical (unpaired) electrons. The molecule has 1 atom stereocenters. The Morgan fingerprint density at radius 3 is 2.40 bits per heavy atom. The molecule has 1 aliphatic rings. The lowest BCUT2D eigenvalue weighted by Gasteiger charge is -2.39. The minimum absolute atomic E-state index is 0.130. The third-order valence-corrected chi connectivity index (χ3v) is 7.00. The molecule has 1 N–H and O–H groups in total. The minimum Gasteiger partial charge on any atom is -0.492 e. The van der Waals surface area contributed by atoms with Crippen molar-refractivity contribution in [3.05, 3.63) is 108 Å². The van der Waals surface area contributed by atoms with E-state index in [2.05, 4.69) is 9.88 Å². The highest BCUT2D eigenvalue weighted by atomic mass is 19.1. The van der Waals surface area contributed by atoms with Crippen molar-refractivity contribution in [1.29, 1.82) is 0 Å². The third-order valence-electron chi connectivity index (χ3n) is 7.00. The number of nitrogens with one attached hydrogen (secondary N) is 1. The molecule has 0 saturated heterocycles. The van der Waals surface area contributed by atoms with Crippen LogP contribution in [0.25, 0.3) is 5.69 Å². The topological polar surface area (TPSA) is 66.8 Å². The molecule has 1 aromatic heterocycles. The molecule has 2 heterocycles. The van der Waals surface area contributed by atoms with Crippen molar-refractivity contribution >= 4 is 23.3 Å². The molecule has 1 unspecified atom stereocenters. The number of para-hydroxylation sites is 4. The molecule has 0 saturated carbocycles. The molecular formula is C32H33FN4O3. The van der Waals surface area contributed by atoms with Crippen LogP contribution in [0.2, 0.25) is 0 Å². The molecule has 206 valence electrons. The summed E-state index contributed by atoms with van der Waals surface area (Å²) in [6.07, 6.45) is 3.57. The number of amides is 3. The molecule has 3 amide bonds. The highest BCUT2D eigenvalue weighted by Gasteiger charge is 2.37. The Morgan fingerprint density at radius 2 is 1.65 bits per heavy atom. The molecule has 0 fully saturated rings. The second kappa shape index (κ2) is 12.1. The van der Waals surface area contributed by atoms with Crippen molar-refractivity contribution in [2.24, 2.45) is 0 Å². The Bertz CT molecular complexity index is 1480. The predicted molar refractivity (Wildman–Crippen MR) is 155 cm³/mol. The van der Waals surface area contributed by atoms with Crippen LogP contribution in [0.3, 0.4) is 0 Å². The van der Waals surface area contributed by atoms with Crippen molar-refractivity contribution in [2.75, 3.05) is 29.9 Å². The average Bonchev–Trinajstić information content (AvgIpc) is 3.46. The zero-order valence-electron chi connectivity index (χ0n) is 22.7. The van der Waals surface area contributed by atoms with Gasteiger partial charge in [0.2, 0.25) is 5.91 Å². The van der Waals surface area contributed by atoms with Crippen LogP contribution in [0.4, 0.5) is 20.6 Å². The Balaban J connectivity index is 1.49. The Morgan fingerprint density at radius 1 is 0.925 bits per heavy atom. The van der Waals surface area contributed by atoms with Gasteiger partial charge < -0.3 is 19.5 Å². The van der Waals surface area contributed by atoms with Gasteiger partial charge in [0.05, 0.1) is 29.4 Å². The van der Waals surface area contributed by atoms with Crippen LogP contribution in [0.1, 0.15) is 44.0 Å². The molecule has 0 bridgehead atoms. The van der Waals surface area contributed by atoms with Gasteiger partial charge in [-0.2, -0.15) is 0 Å². The van der Waals surface area contributed by atoms with E-state index in [9.17, 15) is 14.0 Å². The van der Waals surface area contributed by atoms with E-state index in [0.29, 0.717) is 24.6 Å². The zero-order chi connectivity index (χ0) is 28.1. The van der Waals surface area contributed by atoms with E-state index in [1.165, 1.54) is 12.1 Å². The van der Waals surface area contributed by atoms with E-state index >= 15 is 0 Å². The van der Waals surface area contributed by atoms with Crippen molar-refractivity contribution < 1.29 is 18.7 Å². The summed E-state index contributed by atoms with van der Waals surface area (Å²) >= 11 is 0. The summed E-state index contributed by atoms with van der Waals surface area (Å²) in [6, 6.07) is 24.2. The monoisotopic (exact) mass is 540 g/mol. The fourth-order valence-corrected chi connectivity index (χ4v) is 5.11. The standard InChI is InChI=1S/C32H33FN4O3/c1-3-5-20-35(32(39)34-25-11-6-9-15-29(25)40-4-2)22-30(38)37-27-13-8-7-12-26(27)36-21-10-14-28(36)31(37)23-16-18-24(33)19-17-23/h6-19,21,31H,3-5,20,22H2,1-2H3,(H,34,39).